The molecule has 1 N–H and O–H groups in total. The van der Waals surface area contributed by atoms with Crippen LogP contribution < -0.4 is 9.47 Å². The van der Waals surface area contributed by atoms with Gasteiger partial charge < -0.3 is 19.2 Å². The van der Waals surface area contributed by atoms with Crippen molar-refractivity contribution in [1.82, 2.24) is 15.0 Å². The van der Waals surface area contributed by atoms with Gasteiger partial charge >= 0.3 is 6.36 Å². The van der Waals surface area contributed by atoms with Gasteiger partial charge in [0.15, 0.2) is 5.16 Å². The molecule has 0 spiro atoms. The van der Waals surface area contributed by atoms with Crippen LogP contribution >= 0.6 is 0 Å². The highest BCUT2D eigenvalue weighted by Gasteiger charge is 2.31. The third-order valence-corrected chi connectivity index (χ3v) is 5.32. The summed E-state index contributed by atoms with van der Waals surface area (Å²) in [4.78, 5) is 11.3. The van der Waals surface area contributed by atoms with Crippen LogP contribution in [0.3, 0.4) is 0 Å². The normalized spacial score (nSPS) is 12.8. The first-order chi connectivity index (χ1) is 14.3. The average molecular weight is 443 g/mol. The SMILES string of the molecule is COCCCOc1ccnc(C[S@](=O)c2nc3ccc(OC(F)(F)F)cc3[nH]2)c1C. The van der Waals surface area contributed by atoms with Crippen molar-refractivity contribution in [2.45, 2.75) is 30.6 Å². The number of pyridine rings is 1. The van der Waals surface area contributed by atoms with Crippen LogP contribution in [0.5, 0.6) is 11.5 Å². The van der Waals surface area contributed by atoms with E-state index in [0.717, 1.165) is 24.1 Å². The van der Waals surface area contributed by atoms with Crippen LogP contribution in [0.25, 0.3) is 11.0 Å². The number of alkyl halides is 3. The molecule has 0 aliphatic rings. The number of aromatic nitrogens is 3. The summed E-state index contributed by atoms with van der Waals surface area (Å²) in [5.74, 6) is 0.339. The van der Waals surface area contributed by atoms with Crippen molar-refractivity contribution in [3.63, 3.8) is 0 Å². The topological polar surface area (TPSA) is 86.3 Å². The maximum absolute atomic E-state index is 12.8. The van der Waals surface area contributed by atoms with E-state index in [-0.39, 0.29) is 16.7 Å². The molecule has 0 unspecified atom stereocenters. The van der Waals surface area contributed by atoms with E-state index in [9.17, 15) is 17.4 Å². The van der Waals surface area contributed by atoms with E-state index < -0.39 is 17.2 Å². The molecule has 0 bridgehead atoms. The van der Waals surface area contributed by atoms with Crippen LogP contribution in [0.4, 0.5) is 13.2 Å². The van der Waals surface area contributed by atoms with E-state index in [1.165, 1.54) is 6.07 Å². The second-order valence-corrected chi connectivity index (χ2v) is 7.70. The summed E-state index contributed by atoms with van der Waals surface area (Å²) in [6.07, 6.45) is -2.48. The molecule has 2 aromatic heterocycles. The molecule has 11 heteroatoms. The molecular formula is C19H20F3N3O4S. The minimum Gasteiger partial charge on any atom is -0.493 e. The highest BCUT2D eigenvalue weighted by atomic mass is 32.2. The maximum atomic E-state index is 12.8. The van der Waals surface area contributed by atoms with Gasteiger partial charge in [-0.05, 0) is 25.1 Å². The Morgan fingerprint density at radius 1 is 1.20 bits per heavy atom. The van der Waals surface area contributed by atoms with Gasteiger partial charge in [-0.25, -0.2) is 4.98 Å². The van der Waals surface area contributed by atoms with Gasteiger partial charge in [-0.1, -0.05) is 0 Å². The Morgan fingerprint density at radius 2 is 2.00 bits per heavy atom. The molecule has 0 aliphatic carbocycles. The van der Waals surface area contributed by atoms with Crippen molar-refractivity contribution in [1.29, 1.82) is 0 Å². The number of H-pyrrole nitrogens is 1. The zero-order chi connectivity index (χ0) is 21.7. The first kappa shape index (κ1) is 22.0. The standard InChI is InChI=1S/C19H20F3N3O4S/c1-12-16(23-7-6-17(12)28-9-3-8-27-2)11-30(26)18-24-14-5-4-13(10-15(14)25-18)29-19(20,21)22/h4-7,10H,3,8-9,11H2,1-2H3,(H,24,25)/t30-/m0/s1. The van der Waals surface area contributed by atoms with E-state index in [1.54, 1.807) is 19.4 Å². The number of hydrogen-bond donors (Lipinski definition) is 1. The van der Waals surface area contributed by atoms with Crippen molar-refractivity contribution in [3.8, 4) is 11.5 Å². The zero-order valence-electron chi connectivity index (χ0n) is 16.3. The summed E-state index contributed by atoms with van der Waals surface area (Å²) in [7, 11) is 0.0306. The average Bonchev–Trinajstić information content (AvgIpc) is 3.10. The zero-order valence-corrected chi connectivity index (χ0v) is 17.1. The molecule has 2 heterocycles. The largest absolute Gasteiger partial charge is 0.573 e. The van der Waals surface area contributed by atoms with Crippen molar-refractivity contribution < 1.29 is 31.6 Å². The molecule has 1 atom stereocenters. The van der Waals surface area contributed by atoms with Gasteiger partial charge in [0.25, 0.3) is 0 Å². The number of ether oxygens (including phenoxy) is 3. The smallest absolute Gasteiger partial charge is 0.493 e. The minimum atomic E-state index is -4.79. The second-order valence-electron chi connectivity index (χ2n) is 6.33. The second kappa shape index (κ2) is 9.43. The highest BCUT2D eigenvalue weighted by Crippen LogP contribution is 2.27. The van der Waals surface area contributed by atoms with Crippen molar-refractivity contribution in [2.75, 3.05) is 20.3 Å². The molecule has 0 aliphatic heterocycles. The Labute approximate surface area is 173 Å². The third kappa shape index (κ3) is 5.70. The fraction of sp³-hybridized carbons (Fsp3) is 0.368. The van der Waals surface area contributed by atoms with Crippen molar-refractivity contribution in [2.24, 2.45) is 0 Å². The number of aromatic amines is 1. The fourth-order valence-corrected chi connectivity index (χ4v) is 3.81. The summed E-state index contributed by atoms with van der Waals surface area (Å²) in [6, 6.07) is 5.41. The molecular weight excluding hydrogens is 423 g/mol. The highest BCUT2D eigenvalue weighted by molar-refractivity contribution is 7.84. The van der Waals surface area contributed by atoms with Gasteiger partial charge in [-0.3, -0.25) is 9.19 Å². The Morgan fingerprint density at radius 3 is 2.73 bits per heavy atom. The number of rotatable bonds is 9. The summed E-state index contributed by atoms with van der Waals surface area (Å²) in [6.45, 7) is 2.89. The minimum absolute atomic E-state index is 0.0762. The summed E-state index contributed by atoms with van der Waals surface area (Å²) in [5, 5.41) is 0.141. The molecule has 0 amide bonds. The molecule has 0 radical (unpaired) electrons. The van der Waals surface area contributed by atoms with E-state index >= 15 is 0 Å². The first-order valence-corrected chi connectivity index (χ1v) is 10.3. The lowest BCUT2D eigenvalue weighted by Crippen LogP contribution is -2.16. The van der Waals surface area contributed by atoms with Crippen LogP contribution in [0, 0.1) is 6.92 Å². The molecule has 1 aromatic carbocycles. The van der Waals surface area contributed by atoms with Gasteiger partial charge in [-0.15, -0.1) is 13.2 Å². The predicted molar refractivity (Wildman–Crippen MR) is 104 cm³/mol. The first-order valence-electron chi connectivity index (χ1n) is 8.97. The van der Waals surface area contributed by atoms with Crippen molar-refractivity contribution in [3.05, 3.63) is 41.7 Å². The van der Waals surface area contributed by atoms with E-state index in [1.807, 2.05) is 6.92 Å². The van der Waals surface area contributed by atoms with Gasteiger partial charge in [-0.2, -0.15) is 0 Å². The van der Waals surface area contributed by atoms with Gasteiger partial charge in [0, 0.05) is 38.0 Å². The summed E-state index contributed by atoms with van der Waals surface area (Å²) >= 11 is 0. The Bertz CT molecular complexity index is 1040. The third-order valence-electron chi connectivity index (χ3n) is 4.16. The lowest BCUT2D eigenvalue weighted by molar-refractivity contribution is -0.274. The van der Waals surface area contributed by atoms with Crippen LogP contribution in [-0.4, -0.2) is 45.8 Å². The lowest BCUT2D eigenvalue weighted by atomic mass is 10.2. The number of fused-ring (bicyclic) bond motifs is 1. The number of benzene rings is 1. The van der Waals surface area contributed by atoms with E-state index in [4.69, 9.17) is 9.47 Å². The molecule has 3 aromatic rings. The van der Waals surface area contributed by atoms with Gasteiger partial charge in [0.05, 0.1) is 39.9 Å². The number of hydrogen-bond acceptors (Lipinski definition) is 6. The molecule has 0 saturated heterocycles. The number of nitrogens with one attached hydrogen (secondary N) is 1. The lowest BCUT2D eigenvalue weighted by Gasteiger charge is -2.11. The van der Waals surface area contributed by atoms with Gasteiger partial charge in [0.2, 0.25) is 0 Å². The van der Waals surface area contributed by atoms with Crippen LogP contribution in [0.1, 0.15) is 17.7 Å². The number of halogens is 3. The quantitative estimate of drug-likeness (QED) is 0.505. The Kier molecular flexibility index (Phi) is 6.93. The molecule has 162 valence electrons. The van der Waals surface area contributed by atoms with Crippen LogP contribution in [0.15, 0.2) is 35.6 Å². The molecule has 0 saturated carbocycles. The fourth-order valence-electron chi connectivity index (χ4n) is 2.71. The summed E-state index contributed by atoms with van der Waals surface area (Å²) in [5.41, 5.74) is 2.02. The number of imidazole rings is 1. The number of nitrogens with zero attached hydrogens (tertiary/aromatic N) is 2. The van der Waals surface area contributed by atoms with Gasteiger partial charge in [0.1, 0.15) is 11.5 Å². The summed E-state index contributed by atoms with van der Waals surface area (Å²) < 4.78 is 64.5. The molecule has 30 heavy (non-hydrogen) atoms. The van der Waals surface area contributed by atoms with Crippen LogP contribution in [0.2, 0.25) is 0 Å². The molecule has 0 fully saturated rings. The van der Waals surface area contributed by atoms with Crippen molar-refractivity contribution >= 4 is 21.8 Å². The van der Waals surface area contributed by atoms with Crippen LogP contribution in [-0.2, 0) is 21.3 Å². The maximum Gasteiger partial charge on any atom is 0.573 e. The predicted octanol–water partition coefficient (Wildman–Crippen LogP) is 3.89. The monoisotopic (exact) mass is 443 g/mol. The van der Waals surface area contributed by atoms with E-state index in [0.29, 0.717) is 35.7 Å². The Hall–Kier alpha value is -2.66. The van der Waals surface area contributed by atoms with E-state index in [2.05, 4.69) is 19.7 Å². The molecule has 3 rings (SSSR count). The molecule has 7 nitrogen and oxygen atoms in total. The number of methoxy groups -OCH3 is 1. The Balaban J connectivity index is 1.73.